The molecule has 2 aromatic carbocycles. The lowest BCUT2D eigenvalue weighted by atomic mass is 9.76. The summed E-state index contributed by atoms with van der Waals surface area (Å²) in [6.07, 6.45) is 0.648. The van der Waals surface area contributed by atoms with Gasteiger partial charge in [-0.1, -0.05) is 42.3 Å². The number of carbonyl (C=O) groups excluding carboxylic acids is 1. The van der Waals surface area contributed by atoms with E-state index >= 15 is 0 Å². The van der Waals surface area contributed by atoms with Crippen LogP contribution in [0.25, 0.3) is 0 Å². The van der Waals surface area contributed by atoms with Crippen molar-refractivity contribution in [1.82, 2.24) is 4.90 Å². The van der Waals surface area contributed by atoms with Gasteiger partial charge < -0.3 is 4.90 Å². The predicted octanol–water partition coefficient (Wildman–Crippen LogP) is 6.23. The van der Waals surface area contributed by atoms with Crippen molar-refractivity contribution in [2.45, 2.75) is 45.2 Å². The van der Waals surface area contributed by atoms with Crippen molar-refractivity contribution in [2.24, 2.45) is 5.92 Å². The molecule has 3 rings (SSSR count). The minimum Gasteiger partial charge on any atom is -0.332 e. The summed E-state index contributed by atoms with van der Waals surface area (Å²) < 4.78 is 14.0. The Morgan fingerprint density at radius 3 is 2.27 bits per heavy atom. The van der Waals surface area contributed by atoms with Crippen LogP contribution in [-0.4, -0.2) is 16.8 Å². The second-order valence-corrected chi connectivity index (χ2v) is 8.15. The first-order valence-corrected chi connectivity index (χ1v) is 9.57. The van der Waals surface area contributed by atoms with Gasteiger partial charge in [-0.05, 0) is 61.7 Å². The van der Waals surface area contributed by atoms with Gasteiger partial charge in [0, 0.05) is 27.9 Å². The molecule has 0 spiro atoms. The van der Waals surface area contributed by atoms with Crippen molar-refractivity contribution < 1.29 is 9.18 Å². The summed E-state index contributed by atoms with van der Waals surface area (Å²) in [6.45, 7) is 5.95. The summed E-state index contributed by atoms with van der Waals surface area (Å²) in [5.74, 6) is -0.408. The molecule has 0 bridgehead atoms. The van der Waals surface area contributed by atoms with Crippen LogP contribution in [0.5, 0.6) is 0 Å². The fraction of sp³-hybridized carbons (Fsp3) is 0.381. The van der Waals surface area contributed by atoms with Gasteiger partial charge in [-0.25, -0.2) is 4.39 Å². The number of halogens is 3. The van der Waals surface area contributed by atoms with E-state index in [9.17, 15) is 9.18 Å². The molecule has 0 aromatic heterocycles. The predicted molar refractivity (Wildman–Crippen MR) is 104 cm³/mol. The van der Waals surface area contributed by atoms with Gasteiger partial charge in [0.05, 0.1) is 6.04 Å². The maximum absolute atomic E-state index is 14.0. The lowest BCUT2D eigenvalue weighted by Gasteiger charge is -2.46. The van der Waals surface area contributed by atoms with Gasteiger partial charge in [-0.3, -0.25) is 4.79 Å². The Labute approximate surface area is 163 Å². The summed E-state index contributed by atoms with van der Waals surface area (Å²) in [5, 5.41) is 1.02. The Balaban J connectivity index is 2.14. The molecule has 138 valence electrons. The number of rotatable bonds is 3. The molecular weight excluding hydrogens is 372 g/mol. The molecule has 2 nitrogen and oxygen atoms in total. The van der Waals surface area contributed by atoms with Gasteiger partial charge in [0.2, 0.25) is 5.91 Å². The van der Waals surface area contributed by atoms with E-state index in [1.54, 1.807) is 6.07 Å². The Kier molecular flexibility index (Phi) is 5.59. The van der Waals surface area contributed by atoms with E-state index in [4.69, 9.17) is 23.2 Å². The van der Waals surface area contributed by atoms with E-state index in [0.717, 1.165) is 11.1 Å². The average molecular weight is 394 g/mol. The lowest BCUT2D eigenvalue weighted by molar-refractivity contribution is -0.145. The second kappa shape index (κ2) is 7.58. The maximum atomic E-state index is 14.0. The highest BCUT2D eigenvalue weighted by Crippen LogP contribution is 2.46. The SMILES string of the molecule is CC(C)N1C(=O)[C@@H](C)C[C@H](c2cc(F)cc(Cl)c2)[C@H]1c1ccc(Cl)cc1. The Morgan fingerprint density at radius 1 is 1.04 bits per heavy atom. The Hall–Kier alpha value is -1.58. The van der Waals surface area contributed by atoms with E-state index in [-0.39, 0.29) is 35.6 Å². The molecule has 0 N–H and O–H groups in total. The fourth-order valence-corrected chi connectivity index (χ4v) is 4.29. The molecule has 1 saturated heterocycles. The highest BCUT2D eigenvalue weighted by molar-refractivity contribution is 6.30. The zero-order chi connectivity index (χ0) is 19.0. The maximum Gasteiger partial charge on any atom is 0.226 e. The van der Waals surface area contributed by atoms with E-state index in [1.807, 2.05) is 49.9 Å². The number of likely N-dealkylation sites (tertiary alicyclic amines) is 1. The van der Waals surface area contributed by atoms with Crippen molar-refractivity contribution in [3.63, 3.8) is 0 Å². The smallest absolute Gasteiger partial charge is 0.226 e. The molecule has 0 saturated carbocycles. The molecule has 1 amide bonds. The first-order valence-electron chi connectivity index (χ1n) is 8.81. The van der Waals surface area contributed by atoms with Crippen LogP contribution >= 0.6 is 23.2 Å². The molecule has 1 fully saturated rings. The summed E-state index contributed by atoms with van der Waals surface area (Å²) in [4.78, 5) is 14.8. The van der Waals surface area contributed by atoms with Crippen LogP contribution in [0.15, 0.2) is 42.5 Å². The third-order valence-corrected chi connectivity index (χ3v) is 5.52. The summed E-state index contributed by atoms with van der Waals surface area (Å²) in [5.41, 5.74) is 1.81. The molecule has 5 heteroatoms. The zero-order valence-electron chi connectivity index (χ0n) is 15.0. The standard InChI is InChI=1S/C21H22Cl2FNO/c1-12(2)25-20(14-4-6-16(22)7-5-14)19(8-13(3)21(25)26)15-9-17(23)11-18(24)10-15/h4-7,9-13,19-20H,8H2,1-3H3/t13-,19+,20+/m0/s1. The number of nitrogens with zero attached hydrogens (tertiary/aromatic N) is 1. The number of benzene rings is 2. The lowest BCUT2D eigenvalue weighted by Crippen LogP contribution is -2.49. The van der Waals surface area contributed by atoms with Crippen LogP contribution in [0.4, 0.5) is 4.39 Å². The van der Waals surface area contributed by atoms with Crippen LogP contribution in [0, 0.1) is 11.7 Å². The van der Waals surface area contributed by atoms with E-state index in [2.05, 4.69) is 0 Å². The molecule has 2 aromatic rings. The highest BCUT2D eigenvalue weighted by Gasteiger charge is 2.42. The minimum atomic E-state index is -0.358. The molecule has 26 heavy (non-hydrogen) atoms. The summed E-state index contributed by atoms with van der Waals surface area (Å²) >= 11 is 12.2. The van der Waals surface area contributed by atoms with Crippen LogP contribution < -0.4 is 0 Å². The van der Waals surface area contributed by atoms with Crippen LogP contribution in [0.2, 0.25) is 10.0 Å². The molecule has 1 aliphatic heterocycles. The summed E-state index contributed by atoms with van der Waals surface area (Å²) in [7, 11) is 0. The Morgan fingerprint density at radius 2 is 1.69 bits per heavy atom. The average Bonchev–Trinajstić information content (AvgIpc) is 2.56. The molecule has 3 atom stereocenters. The molecule has 1 aliphatic rings. The molecule has 0 aliphatic carbocycles. The monoisotopic (exact) mass is 393 g/mol. The fourth-order valence-electron chi connectivity index (χ4n) is 3.93. The van der Waals surface area contributed by atoms with Gasteiger partial charge in [0.25, 0.3) is 0 Å². The van der Waals surface area contributed by atoms with Gasteiger partial charge in [0.15, 0.2) is 0 Å². The third kappa shape index (κ3) is 3.74. The third-order valence-electron chi connectivity index (χ3n) is 5.05. The van der Waals surface area contributed by atoms with Crippen LogP contribution in [0.3, 0.4) is 0 Å². The van der Waals surface area contributed by atoms with Gasteiger partial charge in [-0.15, -0.1) is 0 Å². The van der Waals surface area contributed by atoms with Crippen LogP contribution in [0.1, 0.15) is 50.3 Å². The molecule has 0 radical (unpaired) electrons. The van der Waals surface area contributed by atoms with Gasteiger partial charge >= 0.3 is 0 Å². The number of hydrogen-bond acceptors (Lipinski definition) is 1. The molecule has 0 unspecified atom stereocenters. The van der Waals surface area contributed by atoms with Crippen LogP contribution in [-0.2, 0) is 4.79 Å². The molecule has 1 heterocycles. The Bertz CT molecular complexity index is 786. The van der Waals surface area contributed by atoms with Crippen molar-refractivity contribution in [2.75, 3.05) is 0 Å². The number of hydrogen-bond donors (Lipinski definition) is 0. The van der Waals surface area contributed by atoms with Crippen molar-refractivity contribution in [3.8, 4) is 0 Å². The highest BCUT2D eigenvalue weighted by atomic mass is 35.5. The van der Waals surface area contributed by atoms with Crippen molar-refractivity contribution in [3.05, 3.63) is 69.5 Å². The van der Waals surface area contributed by atoms with Crippen molar-refractivity contribution >= 4 is 29.1 Å². The number of carbonyl (C=O) groups is 1. The quantitative estimate of drug-likeness (QED) is 0.604. The van der Waals surface area contributed by atoms with E-state index in [0.29, 0.717) is 16.5 Å². The second-order valence-electron chi connectivity index (χ2n) is 7.28. The van der Waals surface area contributed by atoms with E-state index in [1.165, 1.54) is 12.1 Å². The van der Waals surface area contributed by atoms with E-state index < -0.39 is 0 Å². The normalized spacial score (nSPS) is 23.6. The minimum absolute atomic E-state index is 0.0254. The first kappa shape index (κ1) is 19.2. The van der Waals surface area contributed by atoms with Crippen molar-refractivity contribution in [1.29, 1.82) is 0 Å². The number of piperidine rings is 1. The molecular formula is C21H22Cl2FNO. The first-order chi connectivity index (χ1) is 12.3. The van der Waals surface area contributed by atoms with Gasteiger partial charge in [-0.2, -0.15) is 0 Å². The largest absolute Gasteiger partial charge is 0.332 e. The topological polar surface area (TPSA) is 20.3 Å². The zero-order valence-corrected chi connectivity index (χ0v) is 16.6. The number of amides is 1. The summed E-state index contributed by atoms with van der Waals surface area (Å²) in [6, 6.07) is 12.0. The van der Waals surface area contributed by atoms with Gasteiger partial charge in [0.1, 0.15) is 5.82 Å².